The van der Waals surface area contributed by atoms with Crippen LogP contribution in [-0.2, 0) is 38.0 Å². The molecule has 3 fully saturated rings. The zero-order valence-electron chi connectivity index (χ0n) is 23.1. The molecule has 0 aromatic heterocycles. The van der Waals surface area contributed by atoms with Gasteiger partial charge in [0, 0.05) is 5.92 Å². The van der Waals surface area contributed by atoms with Gasteiger partial charge >= 0.3 is 5.97 Å². The van der Waals surface area contributed by atoms with Crippen molar-refractivity contribution in [2.24, 2.45) is 5.92 Å². The lowest BCUT2D eigenvalue weighted by Gasteiger charge is -2.48. The highest BCUT2D eigenvalue weighted by Gasteiger charge is 2.55. The van der Waals surface area contributed by atoms with Crippen LogP contribution in [0.1, 0.15) is 13.3 Å². The van der Waals surface area contributed by atoms with Crippen molar-refractivity contribution in [3.05, 3.63) is 0 Å². The van der Waals surface area contributed by atoms with E-state index >= 15 is 0 Å². The Labute approximate surface area is 245 Å². The number of ether oxygens (including phenoxy) is 7. The maximum atomic E-state index is 11.4. The van der Waals surface area contributed by atoms with Crippen LogP contribution in [0.5, 0.6) is 0 Å². The van der Waals surface area contributed by atoms with Crippen LogP contribution in [-0.4, -0.2) is 182 Å². The monoisotopic (exact) mass is 631 g/mol. The highest BCUT2D eigenvalue weighted by Crippen LogP contribution is 2.38. The van der Waals surface area contributed by atoms with E-state index in [1.54, 1.807) is 0 Å². The molecule has 3 heterocycles. The van der Waals surface area contributed by atoms with E-state index < -0.39 is 130 Å². The SMILES string of the molecule is CC1OC(CO)C(OC2OC(COC3(OC=O)CC(O)C(COC=N)C(C(O)C(O)CO)O3)C(O)C(O)C2O)C(O)C1O. The zero-order valence-corrected chi connectivity index (χ0v) is 23.1. The Morgan fingerprint density at radius 2 is 1.65 bits per heavy atom. The largest absolute Gasteiger partial charge is 0.483 e. The molecule has 3 saturated heterocycles. The van der Waals surface area contributed by atoms with E-state index in [1.165, 1.54) is 6.92 Å². The van der Waals surface area contributed by atoms with E-state index in [0.29, 0.717) is 6.40 Å². The Morgan fingerprint density at radius 3 is 2.26 bits per heavy atom. The van der Waals surface area contributed by atoms with E-state index in [4.69, 9.17) is 38.6 Å². The van der Waals surface area contributed by atoms with E-state index in [-0.39, 0.29) is 6.47 Å². The minimum absolute atomic E-state index is 0.110. The Balaban J connectivity index is 1.79. The van der Waals surface area contributed by atoms with Gasteiger partial charge in [0.15, 0.2) is 12.7 Å². The molecule has 0 aromatic rings. The Hall–Kier alpha value is -1.66. The van der Waals surface area contributed by atoms with Gasteiger partial charge in [0.1, 0.15) is 67.1 Å². The maximum absolute atomic E-state index is 11.4. The van der Waals surface area contributed by atoms with Crippen molar-refractivity contribution in [1.29, 1.82) is 5.41 Å². The van der Waals surface area contributed by atoms with Crippen molar-refractivity contribution in [2.75, 3.05) is 26.4 Å². The molecule has 3 rings (SSSR count). The summed E-state index contributed by atoms with van der Waals surface area (Å²) >= 11 is 0. The second kappa shape index (κ2) is 15.6. The summed E-state index contributed by atoms with van der Waals surface area (Å²) in [5.41, 5.74) is 0. The van der Waals surface area contributed by atoms with Gasteiger partial charge in [0.25, 0.3) is 6.47 Å². The van der Waals surface area contributed by atoms with E-state index in [2.05, 4.69) is 0 Å². The summed E-state index contributed by atoms with van der Waals surface area (Å²) in [5.74, 6) is -3.61. The number of hydrogen-bond acceptors (Lipinski definition) is 19. The third-order valence-corrected chi connectivity index (χ3v) is 7.74. The van der Waals surface area contributed by atoms with Gasteiger partial charge in [0.2, 0.25) is 0 Å². The first-order valence-corrected chi connectivity index (χ1v) is 13.5. The molecular formula is C24H41NO18. The first-order chi connectivity index (χ1) is 20.3. The Bertz CT molecular complexity index is 885. The fraction of sp³-hybridized carbons (Fsp3) is 0.917. The third-order valence-electron chi connectivity index (χ3n) is 7.74. The van der Waals surface area contributed by atoms with Gasteiger partial charge in [0.05, 0.1) is 45.1 Å². The van der Waals surface area contributed by atoms with E-state index in [0.717, 1.165) is 0 Å². The average Bonchev–Trinajstić information content (AvgIpc) is 2.99. The summed E-state index contributed by atoms with van der Waals surface area (Å²) in [6, 6.07) is 0. The molecule has 19 nitrogen and oxygen atoms in total. The molecule has 16 atom stereocenters. The number of nitrogens with one attached hydrogen (secondary N) is 1. The fourth-order valence-corrected chi connectivity index (χ4v) is 5.23. The molecule has 0 aromatic carbocycles. The van der Waals surface area contributed by atoms with Gasteiger partial charge in [-0.2, -0.15) is 0 Å². The molecule has 3 aliphatic heterocycles. The second-order valence-electron chi connectivity index (χ2n) is 10.6. The number of rotatable bonds is 14. The maximum Gasteiger partial charge on any atom is 0.332 e. The molecule has 0 amide bonds. The Kier molecular flexibility index (Phi) is 13.0. The van der Waals surface area contributed by atoms with Crippen molar-refractivity contribution < 1.29 is 89.0 Å². The van der Waals surface area contributed by atoms with Crippen molar-refractivity contribution in [3.8, 4) is 0 Å². The van der Waals surface area contributed by atoms with Crippen molar-refractivity contribution in [2.45, 2.75) is 105 Å². The van der Waals surface area contributed by atoms with Crippen LogP contribution in [0.15, 0.2) is 0 Å². The molecule has 0 radical (unpaired) electrons. The summed E-state index contributed by atoms with van der Waals surface area (Å²) in [5, 5.41) is 110. The predicted molar refractivity (Wildman–Crippen MR) is 134 cm³/mol. The lowest BCUT2D eigenvalue weighted by Crippen LogP contribution is -2.65. The summed E-state index contributed by atoms with van der Waals surface area (Å²) in [7, 11) is 0. The van der Waals surface area contributed by atoms with Crippen LogP contribution >= 0.6 is 0 Å². The molecule has 19 heteroatoms. The quantitative estimate of drug-likeness (QED) is 0.0367. The van der Waals surface area contributed by atoms with Crippen molar-refractivity contribution >= 4 is 12.9 Å². The third kappa shape index (κ3) is 7.95. The van der Waals surface area contributed by atoms with E-state index in [9.17, 15) is 55.9 Å². The van der Waals surface area contributed by atoms with Crippen LogP contribution in [0.4, 0.5) is 0 Å². The first kappa shape index (κ1) is 35.8. The molecule has 0 bridgehead atoms. The fourth-order valence-electron chi connectivity index (χ4n) is 5.23. The molecule has 0 aliphatic carbocycles. The molecule has 3 aliphatic rings. The molecule has 43 heavy (non-hydrogen) atoms. The minimum atomic E-state index is -2.49. The summed E-state index contributed by atoms with van der Waals surface area (Å²) in [6.07, 6.45) is -22.5. The number of aliphatic hydroxyl groups is 10. The molecule has 0 saturated carbocycles. The highest BCUT2D eigenvalue weighted by molar-refractivity contribution is 5.41. The van der Waals surface area contributed by atoms with Gasteiger partial charge < -0.3 is 84.2 Å². The van der Waals surface area contributed by atoms with Crippen LogP contribution in [0.2, 0.25) is 0 Å². The van der Waals surface area contributed by atoms with Gasteiger partial charge in [-0.25, -0.2) is 0 Å². The van der Waals surface area contributed by atoms with Crippen molar-refractivity contribution in [1.82, 2.24) is 0 Å². The number of hydrogen-bond donors (Lipinski definition) is 11. The molecule has 250 valence electrons. The lowest BCUT2D eigenvalue weighted by molar-refractivity contribution is -0.425. The zero-order chi connectivity index (χ0) is 32.1. The normalized spacial score (nSPS) is 45.1. The average molecular weight is 632 g/mol. The standard InChI is InChI=1S/C24H41NO18/c1-9-15(31)19(35)22(13(4-27)40-9)42-23-20(36)18(34)17(33)14(41-23)6-38-24(39-8-28)2-11(29)10(5-37-7-25)21(43-24)16(32)12(30)3-26/h7-23,25-27,29-36H,2-6H2,1H3. The first-order valence-electron chi connectivity index (χ1n) is 13.5. The van der Waals surface area contributed by atoms with Gasteiger partial charge in [-0.05, 0) is 6.92 Å². The van der Waals surface area contributed by atoms with Crippen LogP contribution in [0.25, 0.3) is 0 Å². The number of aliphatic hydroxyl groups excluding tert-OH is 10. The van der Waals surface area contributed by atoms with Gasteiger partial charge in [-0.3, -0.25) is 10.2 Å². The van der Waals surface area contributed by atoms with E-state index in [1.807, 2.05) is 0 Å². The summed E-state index contributed by atoms with van der Waals surface area (Å²) < 4.78 is 37.7. The summed E-state index contributed by atoms with van der Waals surface area (Å²) in [6.45, 7) is -1.42. The molecular weight excluding hydrogens is 590 g/mol. The van der Waals surface area contributed by atoms with Gasteiger partial charge in [-0.15, -0.1) is 0 Å². The lowest BCUT2D eigenvalue weighted by atomic mass is 9.86. The van der Waals surface area contributed by atoms with Crippen LogP contribution < -0.4 is 0 Å². The summed E-state index contributed by atoms with van der Waals surface area (Å²) in [4.78, 5) is 11.4. The van der Waals surface area contributed by atoms with Gasteiger partial charge in [-0.1, -0.05) is 0 Å². The predicted octanol–water partition coefficient (Wildman–Crippen LogP) is -6.37. The highest BCUT2D eigenvalue weighted by atomic mass is 16.9. The Morgan fingerprint density at radius 1 is 0.953 bits per heavy atom. The number of carbonyl (C=O) groups excluding carboxylic acids is 1. The minimum Gasteiger partial charge on any atom is -0.483 e. The molecule has 0 spiro atoms. The van der Waals surface area contributed by atoms with Crippen molar-refractivity contribution in [3.63, 3.8) is 0 Å². The van der Waals surface area contributed by atoms with Crippen LogP contribution in [0, 0.1) is 11.3 Å². The smallest absolute Gasteiger partial charge is 0.332 e. The number of carbonyl (C=O) groups is 1. The topological polar surface area (TPSA) is 308 Å². The molecule has 16 unspecified atom stereocenters. The molecule has 11 N–H and O–H groups in total. The van der Waals surface area contributed by atoms with Crippen LogP contribution in [0.3, 0.4) is 0 Å². The second-order valence-corrected chi connectivity index (χ2v) is 10.6.